The second kappa shape index (κ2) is 7.39. The molecule has 1 atom stereocenters. The molecule has 0 amide bonds. The first kappa shape index (κ1) is 15.0. The van der Waals surface area contributed by atoms with Crippen LogP contribution in [0.5, 0.6) is 0 Å². The Kier molecular flexibility index (Phi) is 5.83. The molecular weight excluding hydrogens is 236 g/mol. The van der Waals surface area contributed by atoms with E-state index in [4.69, 9.17) is 0 Å². The molecule has 3 heteroatoms. The van der Waals surface area contributed by atoms with Crippen molar-refractivity contribution in [3.05, 3.63) is 0 Å². The molecule has 2 heterocycles. The van der Waals surface area contributed by atoms with Gasteiger partial charge in [0.1, 0.15) is 5.78 Å². The van der Waals surface area contributed by atoms with E-state index in [0.29, 0.717) is 12.3 Å². The van der Waals surface area contributed by atoms with Gasteiger partial charge in [-0.1, -0.05) is 13.8 Å². The van der Waals surface area contributed by atoms with Gasteiger partial charge in [-0.2, -0.15) is 0 Å². The minimum Gasteiger partial charge on any atom is -0.303 e. The normalized spacial score (nSPS) is 24.7. The molecular formula is C16H30N2O. The first-order valence-electron chi connectivity index (χ1n) is 8.16. The van der Waals surface area contributed by atoms with E-state index in [1.807, 2.05) is 0 Å². The van der Waals surface area contributed by atoms with E-state index in [1.165, 1.54) is 45.3 Å². The summed E-state index contributed by atoms with van der Waals surface area (Å²) in [6.45, 7) is 11.0. The van der Waals surface area contributed by atoms with Crippen LogP contribution in [0.2, 0.25) is 0 Å². The first-order chi connectivity index (χ1) is 9.19. The fraction of sp³-hybridized carbons (Fsp3) is 0.938. The van der Waals surface area contributed by atoms with Gasteiger partial charge < -0.3 is 4.90 Å². The predicted molar refractivity (Wildman–Crippen MR) is 79.3 cm³/mol. The number of Topliss-reactive ketones (excluding diaryl/α,β-unsaturated/α-hetero) is 1. The van der Waals surface area contributed by atoms with Gasteiger partial charge in [0.2, 0.25) is 0 Å². The lowest BCUT2D eigenvalue weighted by Gasteiger charge is -2.33. The van der Waals surface area contributed by atoms with Crippen LogP contribution in [0.4, 0.5) is 0 Å². The van der Waals surface area contributed by atoms with Crippen molar-refractivity contribution in [2.75, 3.05) is 39.3 Å². The van der Waals surface area contributed by atoms with Gasteiger partial charge in [-0.05, 0) is 64.2 Å². The molecule has 0 saturated carbocycles. The highest BCUT2D eigenvalue weighted by Crippen LogP contribution is 2.20. The van der Waals surface area contributed by atoms with E-state index in [-0.39, 0.29) is 5.92 Å². The molecule has 0 bridgehead atoms. The smallest absolute Gasteiger partial charge is 0.149 e. The summed E-state index contributed by atoms with van der Waals surface area (Å²) in [7, 11) is 0. The van der Waals surface area contributed by atoms with Crippen molar-refractivity contribution in [1.29, 1.82) is 0 Å². The van der Waals surface area contributed by atoms with Crippen molar-refractivity contribution in [3.8, 4) is 0 Å². The fourth-order valence-corrected chi connectivity index (χ4v) is 3.26. The third-order valence-electron chi connectivity index (χ3n) is 4.96. The molecule has 19 heavy (non-hydrogen) atoms. The fourth-order valence-electron chi connectivity index (χ4n) is 3.26. The first-order valence-corrected chi connectivity index (χ1v) is 8.16. The Bertz CT molecular complexity index is 278. The summed E-state index contributed by atoms with van der Waals surface area (Å²) in [6.07, 6.45) is 6.32. The Hall–Kier alpha value is -0.410. The molecule has 0 radical (unpaired) electrons. The zero-order valence-electron chi connectivity index (χ0n) is 12.7. The lowest BCUT2D eigenvalue weighted by molar-refractivity contribution is -0.124. The molecule has 2 fully saturated rings. The van der Waals surface area contributed by atoms with Crippen LogP contribution in [0.3, 0.4) is 0 Å². The molecule has 1 unspecified atom stereocenters. The predicted octanol–water partition coefficient (Wildman–Crippen LogP) is 2.41. The van der Waals surface area contributed by atoms with E-state index in [9.17, 15) is 4.79 Å². The molecule has 3 nitrogen and oxygen atoms in total. The van der Waals surface area contributed by atoms with Gasteiger partial charge in [-0.3, -0.25) is 9.69 Å². The lowest BCUT2D eigenvalue weighted by atomic mass is 9.95. The monoisotopic (exact) mass is 266 g/mol. The van der Waals surface area contributed by atoms with Crippen molar-refractivity contribution in [2.45, 2.75) is 46.0 Å². The summed E-state index contributed by atoms with van der Waals surface area (Å²) in [5, 5.41) is 0. The average molecular weight is 266 g/mol. The number of hydrogen-bond acceptors (Lipinski definition) is 3. The number of carbonyl (C=O) groups is 1. The maximum absolute atomic E-state index is 12.0. The van der Waals surface area contributed by atoms with Crippen molar-refractivity contribution >= 4 is 5.78 Å². The summed E-state index contributed by atoms with van der Waals surface area (Å²) in [4.78, 5) is 17.0. The van der Waals surface area contributed by atoms with Crippen LogP contribution in [0, 0.1) is 11.8 Å². The minimum absolute atomic E-state index is 0.238. The maximum atomic E-state index is 12.0. The number of likely N-dealkylation sites (tertiary alicyclic amines) is 2. The van der Waals surface area contributed by atoms with Crippen LogP contribution in [-0.2, 0) is 4.79 Å². The second-order valence-electron chi connectivity index (χ2n) is 6.50. The van der Waals surface area contributed by atoms with E-state index in [1.54, 1.807) is 0 Å². The summed E-state index contributed by atoms with van der Waals surface area (Å²) in [6, 6.07) is 0. The largest absolute Gasteiger partial charge is 0.303 e. The van der Waals surface area contributed by atoms with E-state index >= 15 is 0 Å². The summed E-state index contributed by atoms with van der Waals surface area (Å²) < 4.78 is 0. The molecule has 110 valence electrons. The summed E-state index contributed by atoms with van der Waals surface area (Å²) in [5.74, 6) is 1.54. The Balaban J connectivity index is 1.65. The van der Waals surface area contributed by atoms with E-state index < -0.39 is 0 Å². The Morgan fingerprint density at radius 2 is 1.74 bits per heavy atom. The molecule has 0 N–H and O–H groups in total. The molecule has 2 rings (SSSR count). The zero-order valence-corrected chi connectivity index (χ0v) is 12.7. The number of rotatable bonds is 6. The van der Waals surface area contributed by atoms with E-state index in [2.05, 4.69) is 23.6 Å². The van der Waals surface area contributed by atoms with Crippen molar-refractivity contribution in [1.82, 2.24) is 9.80 Å². The highest BCUT2D eigenvalue weighted by molar-refractivity contribution is 5.82. The molecule has 2 saturated heterocycles. The van der Waals surface area contributed by atoms with Crippen LogP contribution in [0.15, 0.2) is 0 Å². The average Bonchev–Trinajstić information content (AvgIpc) is 2.93. The molecule has 0 aromatic rings. The molecule has 0 aromatic carbocycles. The number of hydrogen-bond donors (Lipinski definition) is 0. The molecule has 0 aromatic heterocycles. The number of nitrogens with zero attached hydrogens (tertiary/aromatic N) is 2. The van der Waals surface area contributed by atoms with Gasteiger partial charge in [0, 0.05) is 12.5 Å². The van der Waals surface area contributed by atoms with Gasteiger partial charge >= 0.3 is 0 Å². The minimum atomic E-state index is 0.238. The Morgan fingerprint density at radius 1 is 1.11 bits per heavy atom. The zero-order chi connectivity index (χ0) is 13.7. The van der Waals surface area contributed by atoms with Crippen LogP contribution in [0.25, 0.3) is 0 Å². The Morgan fingerprint density at radius 3 is 2.32 bits per heavy atom. The van der Waals surface area contributed by atoms with Crippen LogP contribution >= 0.6 is 0 Å². The van der Waals surface area contributed by atoms with Gasteiger partial charge in [0.05, 0.1) is 6.54 Å². The second-order valence-corrected chi connectivity index (χ2v) is 6.50. The summed E-state index contributed by atoms with van der Waals surface area (Å²) in [5.41, 5.74) is 0. The quantitative estimate of drug-likeness (QED) is 0.737. The van der Waals surface area contributed by atoms with Gasteiger partial charge in [-0.25, -0.2) is 0 Å². The highest BCUT2D eigenvalue weighted by Gasteiger charge is 2.24. The van der Waals surface area contributed by atoms with Gasteiger partial charge in [-0.15, -0.1) is 0 Å². The standard InChI is InChI=1S/C16H30N2O/c1-3-14(2)16(19)13-18-10-6-15(7-11-18)12-17-8-4-5-9-17/h14-15H,3-13H2,1-2H3. The topological polar surface area (TPSA) is 23.6 Å². The van der Waals surface area contributed by atoms with Crippen molar-refractivity contribution in [3.63, 3.8) is 0 Å². The van der Waals surface area contributed by atoms with Gasteiger partial charge in [0.15, 0.2) is 0 Å². The van der Waals surface area contributed by atoms with Gasteiger partial charge in [0.25, 0.3) is 0 Å². The number of carbonyl (C=O) groups excluding carboxylic acids is 1. The van der Waals surface area contributed by atoms with Crippen LogP contribution < -0.4 is 0 Å². The Labute approximate surface area is 118 Å². The van der Waals surface area contributed by atoms with Crippen molar-refractivity contribution < 1.29 is 4.79 Å². The third-order valence-corrected chi connectivity index (χ3v) is 4.96. The van der Waals surface area contributed by atoms with Crippen molar-refractivity contribution in [2.24, 2.45) is 11.8 Å². The molecule has 2 aliphatic heterocycles. The molecule has 0 spiro atoms. The van der Waals surface area contributed by atoms with Crippen LogP contribution in [-0.4, -0.2) is 54.9 Å². The number of ketones is 1. The third kappa shape index (κ3) is 4.57. The maximum Gasteiger partial charge on any atom is 0.149 e. The molecule has 2 aliphatic rings. The molecule has 0 aliphatic carbocycles. The SMILES string of the molecule is CCC(C)C(=O)CN1CCC(CN2CCCC2)CC1. The summed E-state index contributed by atoms with van der Waals surface area (Å²) >= 11 is 0. The lowest BCUT2D eigenvalue weighted by Crippen LogP contribution is -2.41. The number of piperidine rings is 1. The highest BCUT2D eigenvalue weighted by atomic mass is 16.1. The van der Waals surface area contributed by atoms with E-state index in [0.717, 1.165) is 25.4 Å². The van der Waals surface area contributed by atoms with Crippen LogP contribution in [0.1, 0.15) is 46.0 Å².